The van der Waals surface area contributed by atoms with E-state index in [1.165, 1.54) is 57.8 Å². The summed E-state index contributed by atoms with van der Waals surface area (Å²) in [7, 11) is 0. The van der Waals surface area contributed by atoms with Gasteiger partial charge in [0.1, 0.15) is 5.75 Å². The molecule has 0 aliphatic carbocycles. The summed E-state index contributed by atoms with van der Waals surface area (Å²) in [6.45, 7) is 13.2. The van der Waals surface area contributed by atoms with E-state index in [0.717, 1.165) is 50.1 Å². The maximum absolute atomic E-state index is 5.97. The SMILES string of the molecule is CCCCCCCCCCOc1ccc(NC(=NCC(C)(C)CN)N2CCCC(C)C2)cc1. The van der Waals surface area contributed by atoms with Crippen LogP contribution in [0.1, 0.15) is 91.9 Å². The number of nitrogens with one attached hydrogen (secondary N) is 1. The van der Waals surface area contributed by atoms with Crippen LogP contribution in [0.2, 0.25) is 0 Å². The average Bonchev–Trinajstić information content (AvgIpc) is 2.81. The van der Waals surface area contributed by atoms with Crippen molar-refractivity contribution in [1.29, 1.82) is 0 Å². The fourth-order valence-electron chi connectivity index (χ4n) is 4.14. The fraction of sp³-hybridized carbons (Fsp3) is 0.750. The molecule has 1 fully saturated rings. The molecule has 0 saturated carbocycles. The first-order chi connectivity index (χ1) is 15.9. The summed E-state index contributed by atoms with van der Waals surface area (Å²) in [5.74, 6) is 2.61. The van der Waals surface area contributed by atoms with Crippen LogP contribution in [0.3, 0.4) is 0 Å². The van der Waals surface area contributed by atoms with Crippen LogP contribution in [-0.2, 0) is 0 Å². The third-order valence-corrected chi connectivity index (χ3v) is 6.54. The third-order valence-electron chi connectivity index (χ3n) is 6.54. The predicted octanol–water partition coefficient (Wildman–Crippen LogP) is 6.69. The number of hydrogen-bond donors (Lipinski definition) is 2. The summed E-state index contributed by atoms with van der Waals surface area (Å²) in [5, 5.41) is 3.58. The van der Waals surface area contributed by atoms with Crippen LogP contribution in [-0.4, -0.2) is 43.6 Å². The molecule has 1 aliphatic rings. The predicted molar refractivity (Wildman–Crippen MR) is 143 cm³/mol. The molecular formula is C28H50N4O. The Labute approximate surface area is 203 Å². The molecule has 5 nitrogen and oxygen atoms in total. The maximum Gasteiger partial charge on any atom is 0.198 e. The number of guanidine groups is 1. The van der Waals surface area contributed by atoms with Gasteiger partial charge in [-0.25, -0.2) is 0 Å². The van der Waals surface area contributed by atoms with Crippen LogP contribution in [0.5, 0.6) is 5.75 Å². The van der Waals surface area contributed by atoms with Gasteiger partial charge in [-0.3, -0.25) is 4.99 Å². The number of rotatable bonds is 14. The number of likely N-dealkylation sites (tertiary alicyclic amines) is 1. The van der Waals surface area contributed by atoms with Crippen molar-refractivity contribution in [2.45, 2.75) is 91.9 Å². The van der Waals surface area contributed by atoms with E-state index >= 15 is 0 Å². The lowest BCUT2D eigenvalue weighted by atomic mass is 9.94. The van der Waals surface area contributed by atoms with Gasteiger partial charge in [-0.1, -0.05) is 72.6 Å². The first-order valence-corrected chi connectivity index (χ1v) is 13.4. The second-order valence-corrected chi connectivity index (χ2v) is 10.7. The highest BCUT2D eigenvalue weighted by Crippen LogP contribution is 2.21. The number of nitrogens with two attached hydrogens (primary N) is 1. The number of hydrogen-bond acceptors (Lipinski definition) is 3. The maximum atomic E-state index is 5.97. The molecule has 5 heteroatoms. The highest BCUT2D eigenvalue weighted by atomic mass is 16.5. The normalized spacial score (nSPS) is 17.3. The van der Waals surface area contributed by atoms with E-state index in [1.807, 2.05) is 0 Å². The molecule has 2 rings (SSSR count). The van der Waals surface area contributed by atoms with Crippen molar-refractivity contribution in [1.82, 2.24) is 4.90 Å². The number of benzene rings is 1. The van der Waals surface area contributed by atoms with Gasteiger partial charge in [0.15, 0.2) is 5.96 Å². The molecule has 1 unspecified atom stereocenters. The number of piperidine rings is 1. The van der Waals surface area contributed by atoms with Crippen LogP contribution in [0.25, 0.3) is 0 Å². The number of nitrogens with zero attached hydrogens (tertiary/aromatic N) is 2. The Balaban J connectivity index is 1.82. The first kappa shape index (κ1) is 27.5. The molecule has 1 aromatic carbocycles. The smallest absolute Gasteiger partial charge is 0.198 e. The summed E-state index contributed by atoms with van der Waals surface area (Å²) < 4.78 is 5.97. The summed E-state index contributed by atoms with van der Waals surface area (Å²) in [5.41, 5.74) is 6.99. The Morgan fingerprint density at radius 1 is 1.09 bits per heavy atom. The Kier molecular flexibility index (Phi) is 12.7. The van der Waals surface area contributed by atoms with Crippen molar-refractivity contribution in [2.24, 2.45) is 22.1 Å². The lowest BCUT2D eigenvalue weighted by Crippen LogP contribution is -2.43. The van der Waals surface area contributed by atoms with Gasteiger partial charge in [-0.2, -0.15) is 0 Å². The van der Waals surface area contributed by atoms with Gasteiger partial charge in [0.05, 0.1) is 6.61 Å². The fourth-order valence-corrected chi connectivity index (χ4v) is 4.14. The van der Waals surface area contributed by atoms with Gasteiger partial charge < -0.3 is 20.7 Å². The molecule has 0 amide bonds. The Morgan fingerprint density at radius 2 is 1.76 bits per heavy atom. The van der Waals surface area contributed by atoms with Gasteiger partial charge in [-0.15, -0.1) is 0 Å². The second kappa shape index (κ2) is 15.2. The van der Waals surface area contributed by atoms with E-state index < -0.39 is 0 Å². The summed E-state index contributed by atoms with van der Waals surface area (Å²) in [4.78, 5) is 7.36. The lowest BCUT2D eigenvalue weighted by molar-refractivity contribution is 0.270. The topological polar surface area (TPSA) is 62.9 Å². The van der Waals surface area contributed by atoms with Crippen molar-refractivity contribution in [2.75, 3.05) is 38.1 Å². The minimum absolute atomic E-state index is 0.00152. The molecule has 0 radical (unpaired) electrons. The molecular weight excluding hydrogens is 408 g/mol. The van der Waals surface area contributed by atoms with E-state index in [9.17, 15) is 0 Å². The molecule has 1 heterocycles. The minimum atomic E-state index is 0.00152. The van der Waals surface area contributed by atoms with E-state index in [1.54, 1.807) is 0 Å². The highest BCUT2D eigenvalue weighted by Gasteiger charge is 2.21. The minimum Gasteiger partial charge on any atom is -0.494 e. The number of anilines is 1. The molecule has 1 aliphatic heterocycles. The number of aliphatic imine (C=N–C) groups is 1. The van der Waals surface area contributed by atoms with Gasteiger partial charge in [-0.05, 0) is 61.4 Å². The number of ether oxygens (including phenoxy) is 1. The molecule has 3 N–H and O–H groups in total. The standard InChI is InChI=1S/C28H50N4O/c1-5-6-7-8-9-10-11-12-20-33-26-17-15-25(16-18-26)31-27(30-23-28(3,4)22-29)32-19-13-14-24(2)21-32/h15-18,24H,5-14,19-23,29H2,1-4H3,(H,30,31). The van der Waals surface area contributed by atoms with Gasteiger partial charge in [0, 0.05) is 25.3 Å². The summed E-state index contributed by atoms with van der Waals surface area (Å²) in [6.07, 6.45) is 13.1. The molecule has 1 aromatic rings. The van der Waals surface area contributed by atoms with Crippen molar-refractivity contribution in [3.8, 4) is 5.75 Å². The largest absolute Gasteiger partial charge is 0.494 e. The number of unbranched alkanes of at least 4 members (excludes halogenated alkanes) is 7. The molecule has 188 valence electrons. The Bertz CT molecular complexity index is 671. The third kappa shape index (κ3) is 11.3. The molecule has 0 aromatic heterocycles. The van der Waals surface area contributed by atoms with Crippen molar-refractivity contribution in [3.05, 3.63) is 24.3 Å². The van der Waals surface area contributed by atoms with Gasteiger partial charge >= 0.3 is 0 Å². The average molecular weight is 459 g/mol. The Hall–Kier alpha value is -1.75. The molecule has 0 spiro atoms. The summed E-state index contributed by atoms with van der Waals surface area (Å²) >= 11 is 0. The van der Waals surface area contributed by atoms with E-state index in [4.69, 9.17) is 15.5 Å². The van der Waals surface area contributed by atoms with Crippen molar-refractivity contribution < 1.29 is 4.74 Å². The molecule has 1 atom stereocenters. The second-order valence-electron chi connectivity index (χ2n) is 10.7. The van der Waals surface area contributed by atoms with Crippen LogP contribution in [0.15, 0.2) is 29.3 Å². The highest BCUT2D eigenvalue weighted by molar-refractivity contribution is 5.93. The molecule has 33 heavy (non-hydrogen) atoms. The quantitative estimate of drug-likeness (QED) is 0.185. The first-order valence-electron chi connectivity index (χ1n) is 13.4. The van der Waals surface area contributed by atoms with Crippen LogP contribution < -0.4 is 15.8 Å². The van der Waals surface area contributed by atoms with Crippen molar-refractivity contribution in [3.63, 3.8) is 0 Å². The van der Waals surface area contributed by atoms with E-state index in [0.29, 0.717) is 12.5 Å². The van der Waals surface area contributed by atoms with Crippen LogP contribution in [0.4, 0.5) is 5.69 Å². The zero-order valence-corrected chi connectivity index (χ0v) is 21.9. The Morgan fingerprint density at radius 3 is 2.39 bits per heavy atom. The lowest BCUT2D eigenvalue weighted by Gasteiger charge is -2.34. The van der Waals surface area contributed by atoms with Gasteiger partial charge in [0.25, 0.3) is 0 Å². The summed E-state index contributed by atoms with van der Waals surface area (Å²) in [6, 6.07) is 8.32. The van der Waals surface area contributed by atoms with Crippen LogP contribution in [0, 0.1) is 11.3 Å². The molecule has 1 saturated heterocycles. The molecule has 0 bridgehead atoms. The zero-order chi connectivity index (χ0) is 23.9. The van der Waals surface area contributed by atoms with Gasteiger partial charge in [0.2, 0.25) is 0 Å². The van der Waals surface area contributed by atoms with E-state index in [2.05, 4.69) is 62.2 Å². The van der Waals surface area contributed by atoms with E-state index in [-0.39, 0.29) is 5.41 Å². The van der Waals surface area contributed by atoms with Crippen LogP contribution >= 0.6 is 0 Å². The van der Waals surface area contributed by atoms with Crippen molar-refractivity contribution >= 4 is 11.6 Å². The monoisotopic (exact) mass is 458 g/mol. The zero-order valence-electron chi connectivity index (χ0n) is 21.9.